The van der Waals surface area contributed by atoms with E-state index >= 15 is 4.57 Å². The Kier molecular flexibility index (Phi) is 12.1. The van der Waals surface area contributed by atoms with Crippen molar-refractivity contribution in [2.75, 3.05) is 19.5 Å². The van der Waals surface area contributed by atoms with Gasteiger partial charge < -0.3 is 28.6 Å². The number of esters is 2. The zero-order chi connectivity index (χ0) is 36.9. The summed E-state index contributed by atoms with van der Waals surface area (Å²) in [6.45, 7) is 12.4. The van der Waals surface area contributed by atoms with E-state index in [-0.39, 0.29) is 17.1 Å². The van der Waals surface area contributed by atoms with Crippen LogP contribution in [0.5, 0.6) is 17.2 Å². The molecule has 0 radical (unpaired) electrons. The minimum atomic E-state index is -4.73. The molecule has 4 aromatic rings. The molecule has 0 bridgehead atoms. The monoisotopic (exact) mass is 766 g/mol. The largest absolute Gasteiger partial charge is 0.514 e. The molecule has 0 saturated carbocycles. The Balaban J connectivity index is 2.06. The van der Waals surface area contributed by atoms with Crippen LogP contribution < -0.4 is 24.2 Å². The maximum absolute atomic E-state index is 15.6. The normalized spacial score (nSPS) is 13.4. The van der Waals surface area contributed by atoms with Gasteiger partial charge in [0.1, 0.15) is 22.8 Å². The predicted octanol–water partition coefficient (Wildman–Crippen LogP) is 8.74. The quantitative estimate of drug-likeness (QED) is 0.101. The van der Waals surface area contributed by atoms with Gasteiger partial charge >= 0.3 is 19.7 Å². The van der Waals surface area contributed by atoms with Crippen LogP contribution >= 0.6 is 23.7 Å². The summed E-state index contributed by atoms with van der Waals surface area (Å²) in [5.41, 5.74) is 0.0457. The smallest absolute Gasteiger partial charge is 0.497 e. The maximum Gasteiger partial charge on any atom is 0.514 e. The fourth-order valence-electron chi connectivity index (χ4n) is 5.42. The standard InChI is InChI=1S/C38H44BrN2O8P/c1-24-12-10-13-25(2)32(24)48-50(44,49-33-26(3)14-11-15-27(33)4)41-38(36(43)46-9,28-16-18-29(39)19-17-28)34(35(42)47-37(5,6)7)40-30-20-22-31(45-8)23-21-30/h10-23,34,40H,1-9H3,(H,41,44). The van der Waals surface area contributed by atoms with Crippen molar-refractivity contribution in [1.82, 2.24) is 5.09 Å². The van der Waals surface area contributed by atoms with Crippen molar-refractivity contribution in [3.63, 3.8) is 0 Å². The van der Waals surface area contributed by atoms with Crippen molar-refractivity contribution in [3.8, 4) is 17.2 Å². The molecule has 4 rings (SSSR count). The number of halogens is 1. The first kappa shape index (κ1) is 38.5. The Morgan fingerprint density at radius 2 is 1.22 bits per heavy atom. The van der Waals surface area contributed by atoms with Gasteiger partial charge in [-0.1, -0.05) is 64.5 Å². The summed E-state index contributed by atoms with van der Waals surface area (Å²) in [6, 6.07) is 22.7. The molecule has 0 aliphatic heterocycles. The Hall–Kier alpha value is -4.31. The molecule has 0 saturated heterocycles. The number of anilines is 1. The fourth-order valence-corrected chi connectivity index (χ4v) is 7.65. The lowest BCUT2D eigenvalue weighted by molar-refractivity contribution is -0.164. The molecule has 0 spiro atoms. The summed E-state index contributed by atoms with van der Waals surface area (Å²) in [5.74, 6) is -0.683. The number of ether oxygens (including phenoxy) is 3. The van der Waals surface area contributed by atoms with Crippen LogP contribution in [0, 0.1) is 27.7 Å². The summed E-state index contributed by atoms with van der Waals surface area (Å²) >= 11 is 3.46. The molecule has 0 fully saturated rings. The van der Waals surface area contributed by atoms with Crippen molar-refractivity contribution >= 4 is 41.3 Å². The zero-order valence-electron chi connectivity index (χ0n) is 29.8. The molecule has 266 valence electrons. The van der Waals surface area contributed by atoms with Crippen molar-refractivity contribution in [2.24, 2.45) is 0 Å². The number of methoxy groups -OCH3 is 2. The van der Waals surface area contributed by atoms with E-state index in [1.165, 1.54) is 14.2 Å². The lowest BCUT2D eigenvalue weighted by atomic mass is 9.83. The van der Waals surface area contributed by atoms with Crippen LogP contribution in [0.4, 0.5) is 5.69 Å². The molecule has 2 unspecified atom stereocenters. The third-order valence-electron chi connectivity index (χ3n) is 7.84. The van der Waals surface area contributed by atoms with Crippen molar-refractivity contribution in [3.05, 3.63) is 117 Å². The summed E-state index contributed by atoms with van der Waals surface area (Å²) in [7, 11) is -2.01. The van der Waals surface area contributed by atoms with E-state index in [9.17, 15) is 9.59 Å². The van der Waals surface area contributed by atoms with E-state index in [1.54, 1.807) is 69.3 Å². The number of benzene rings is 4. The first-order valence-electron chi connectivity index (χ1n) is 15.9. The van der Waals surface area contributed by atoms with Crippen LogP contribution in [0.2, 0.25) is 0 Å². The van der Waals surface area contributed by atoms with Crippen molar-refractivity contribution in [1.29, 1.82) is 0 Å². The van der Waals surface area contributed by atoms with Crippen LogP contribution in [0.1, 0.15) is 48.6 Å². The second-order valence-corrected chi connectivity index (χ2v) is 15.4. The number of carbonyl (C=O) groups excluding carboxylic acids is 2. The number of hydrogen-bond acceptors (Lipinski definition) is 9. The molecular weight excluding hydrogens is 723 g/mol. The lowest BCUT2D eigenvalue weighted by Crippen LogP contribution is -2.63. The molecule has 0 aliphatic rings. The van der Waals surface area contributed by atoms with Gasteiger partial charge in [-0.25, -0.2) is 14.2 Å². The first-order chi connectivity index (χ1) is 23.5. The number of aryl methyl sites for hydroxylation is 4. The topological polar surface area (TPSA) is 121 Å². The molecule has 0 aromatic heterocycles. The minimum absolute atomic E-state index is 0.208. The van der Waals surface area contributed by atoms with Crippen LogP contribution in [0.25, 0.3) is 0 Å². The Morgan fingerprint density at radius 3 is 1.64 bits per heavy atom. The van der Waals surface area contributed by atoms with E-state index in [0.29, 0.717) is 38.2 Å². The van der Waals surface area contributed by atoms with Gasteiger partial charge in [0, 0.05) is 10.2 Å². The molecular formula is C38H44BrN2O8P. The Labute approximate surface area is 302 Å². The first-order valence-corrected chi connectivity index (χ1v) is 18.2. The highest BCUT2D eigenvalue weighted by Gasteiger charge is 2.58. The Morgan fingerprint density at radius 1 is 0.740 bits per heavy atom. The van der Waals surface area contributed by atoms with Gasteiger partial charge in [-0.3, -0.25) is 0 Å². The highest BCUT2D eigenvalue weighted by molar-refractivity contribution is 9.10. The molecule has 0 amide bonds. The minimum Gasteiger partial charge on any atom is -0.497 e. The third kappa shape index (κ3) is 8.88. The van der Waals surface area contributed by atoms with Gasteiger partial charge in [-0.2, -0.15) is 5.09 Å². The summed E-state index contributed by atoms with van der Waals surface area (Å²) in [5, 5.41) is 6.16. The van der Waals surface area contributed by atoms with Crippen LogP contribution in [-0.4, -0.2) is 37.8 Å². The van der Waals surface area contributed by atoms with Crippen molar-refractivity contribution < 1.29 is 37.4 Å². The molecule has 4 aromatic carbocycles. The predicted molar refractivity (Wildman–Crippen MR) is 198 cm³/mol. The average Bonchev–Trinajstić information content (AvgIpc) is 3.06. The second-order valence-electron chi connectivity index (χ2n) is 12.9. The molecule has 10 nitrogen and oxygen atoms in total. The Bertz CT molecular complexity index is 1780. The average molecular weight is 768 g/mol. The second kappa shape index (κ2) is 15.7. The maximum atomic E-state index is 15.6. The number of para-hydroxylation sites is 2. The summed E-state index contributed by atoms with van der Waals surface area (Å²) in [4.78, 5) is 29.1. The highest BCUT2D eigenvalue weighted by atomic mass is 79.9. The van der Waals surface area contributed by atoms with E-state index < -0.39 is 36.9 Å². The molecule has 12 heteroatoms. The lowest BCUT2D eigenvalue weighted by Gasteiger charge is -2.41. The number of hydrogen-bond donors (Lipinski definition) is 2. The van der Waals surface area contributed by atoms with Gasteiger partial charge in [-0.15, -0.1) is 0 Å². The molecule has 0 aliphatic carbocycles. The van der Waals surface area contributed by atoms with Gasteiger partial charge in [0.2, 0.25) is 0 Å². The number of carbonyl (C=O) groups is 2. The van der Waals surface area contributed by atoms with E-state index in [1.807, 2.05) is 64.1 Å². The van der Waals surface area contributed by atoms with Crippen LogP contribution in [0.15, 0.2) is 89.4 Å². The van der Waals surface area contributed by atoms with Gasteiger partial charge in [0.25, 0.3) is 0 Å². The number of nitrogens with one attached hydrogen (secondary N) is 2. The molecule has 50 heavy (non-hydrogen) atoms. The molecule has 2 atom stereocenters. The summed E-state index contributed by atoms with van der Waals surface area (Å²) < 4.78 is 45.8. The fraction of sp³-hybridized carbons (Fsp3) is 0.316. The highest BCUT2D eigenvalue weighted by Crippen LogP contribution is 2.52. The molecule has 0 heterocycles. The van der Waals surface area contributed by atoms with E-state index in [2.05, 4.69) is 26.3 Å². The SMILES string of the molecule is COC(=O)C(NP(=O)(Oc1c(C)cccc1C)Oc1c(C)cccc1C)(c1ccc(Br)cc1)C(Nc1ccc(OC)cc1)C(=O)OC(C)(C)C. The molecule has 2 N–H and O–H groups in total. The van der Waals surface area contributed by atoms with Gasteiger partial charge in [0.05, 0.1) is 14.2 Å². The zero-order valence-corrected chi connectivity index (χ0v) is 32.2. The van der Waals surface area contributed by atoms with E-state index in [4.69, 9.17) is 23.3 Å². The summed E-state index contributed by atoms with van der Waals surface area (Å²) in [6.07, 6.45) is 0. The van der Waals surface area contributed by atoms with Gasteiger partial charge in [0.15, 0.2) is 11.6 Å². The van der Waals surface area contributed by atoms with Crippen LogP contribution in [-0.2, 0) is 29.2 Å². The van der Waals surface area contributed by atoms with E-state index in [0.717, 1.165) is 0 Å². The van der Waals surface area contributed by atoms with Gasteiger partial charge in [-0.05, 0) is 113 Å². The third-order valence-corrected chi connectivity index (χ3v) is 9.84. The van der Waals surface area contributed by atoms with Crippen LogP contribution in [0.3, 0.4) is 0 Å². The van der Waals surface area contributed by atoms with Crippen molar-refractivity contribution in [2.45, 2.75) is 65.6 Å². The number of rotatable bonds is 13.